The van der Waals surface area contributed by atoms with E-state index in [2.05, 4.69) is 6.92 Å². The Bertz CT molecular complexity index is 171. The standard InChI is InChI=1S/C8H15O6/c1-2-13-8-7(12)6(11)5(10)4(3-9)14-8/h4-12H,1-3H2/t4-,5-,6+,7-,8?/m1/s1. The Balaban J connectivity index is 2.63. The van der Waals surface area contributed by atoms with Crippen LogP contribution in [-0.4, -0.2) is 64.3 Å². The highest BCUT2D eigenvalue weighted by atomic mass is 16.7. The molecule has 0 saturated carbocycles. The van der Waals surface area contributed by atoms with E-state index >= 15 is 0 Å². The SMILES string of the molecule is [CH2]COC1O[C@H](CO)[C@@H](O)[C@H](O)[C@H]1O. The maximum Gasteiger partial charge on any atom is 0.186 e. The maximum atomic E-state index is 9.38. The molecule has 0 aromatic heterocycles. The van der Waals surface area contributed by atoms with Crippen molar-refractivity contribution in [1.29, 1.82) is 0 Å². The fourth-order valence-electron chi connectivity index (χ4n) is 1.32. The lowest BCUT2D eigenvalue weighted by Gasteiger charge is -2.39. The molecule has 1 fully saturated rings. The zero-order valence-electron chi connectivity index (χ0n) is 7.61. The first-order chi connectivity index (χ1) is 6.61. The number of hydrogen-bond donors (Lipinski definition) is 4. The maximum absolute atomic E-state index is 9.38. The average molecular weight is 207 g/mol. The van der Waals surface area contributed by atoms with Gasteiger partial charge in [0.15, 0.2) is 6.29 Å². The molecular weight excluding hydrogens is 192 g/mol. The minimum Gasteiger partial charge on any atom is -0.394 e. The van der Waals surface area contributed by atoms with Crippen molar-refractivity contribution >= 4 is 0 Å². The van der Waals surface area contributed by atoms with Gasteiger partial charge in [0.05, 0.1) is 6.61 Å². The lowest BCUT2D eigenvalue weighted by Crippen LogP contribution is -2.59. The van der Waals surface area contributed by atoms with Crippen LogP contribution in [0, 0.1) is 6.92 Å². The molecule has 0 bridgehead atoms. The van der Waals surface area contributed by atoms with Crippen LogP contribution in [0.5, 0.6) is 0 Å². The molecule has 0 amide bonds. The summed E-state index contributed by atoms with van der Waals surface area (Å²) in [6.07, 6.45) is -6.07. The quantitative estimate of drug-likeness (QED) is 0.413. The normalized spacial score (nSPS) is 43.9. The van der Waals surface area contributed by atoms with Gasteiger partial charge in [-0.3, -0.25) is 0 Å². The second kappa shape index (κ2) is 5.01. The van der Waals surface area contributed by atoms with Gasteiger partial charge in [-0.25, -0.2) is 0 Å². The Morgan fingerprint density at radius 2 is 1.79 bits per heavy atom. The topological polar surface area (TPSA) is 99.4 Å². The van der Waals surface area contributed by atoms with Crippen LogP contribution in [-0.2, 0) is 9.47 Å². The van der Waals surface area contributed by atoms with Crippen LogP contribution in [0.4, 0.5) is 0 Å². The summed E-state index contributed by atoms with van der Waals surface area (Å²) in [4.78, 5) is 0. The third-order valence-corrected chi connectivity index (χ3v) is 2.13. The molecule has 1 aliphatic heterocycles. The highest BCUT2D eigenvalue weighted by Gasteiger charge is 2.43. The van der Waals surface area contributed by atoms with E-state index in [1.165, 1.54) is 0 Å². The smallest absolute Gasteiger partial charge is 0.186 e. The molecule has 0 aromatic carbocycles. The van der Waals surface area contributed by atoms with E-state index in [4.69, 9.17) is 14.6 Å². The van der Waals surface area contributed by atoms with E-state index in [1.807, 2.05) is 0 Å². The van der Waals surface area contributed by atoms with Gasteiger partial charge in [0.2, 0.25) is 0 Å². The molecule has 0 aromatic rings. The molecule has 83 valence electrons. The van der Waals surface area contributed by atoms with Crippen LogP contribution in [0.3, 0.4) is 0 Å². The molecule has 1 aliphatic rings. The monoisotopic (exact) mass is 207 g/mol. The molecular formula is C8H15O6. The van der Waals surface area contributed by atoms with Crippen LogP contribution in [0.2, 0.25) is 0 Å². The van der Waals surface area contributed by atoms with Crippen molar-refractivity contribution in [3.05, 3.63) is 6.92 Å². The van der Waals surface area contributed by atoms with Gasteiger partial charge < -0.3 is 29.9 Å². The fourth-order valence-corrected chi connectivity index (χ4v) is 1.32. The van der Waals surface area contributed by atoms with Gasteiger partial charge >= 0.3 is 0 Å². The third-order valence-electron chi connectivity index (χ3n) is 2.13. The van der Waals surface area contributed by atoms with Gasteiger partial charge in [0, 0.05) is 6.61 Å². The summed E-state index contributed by atoms with van der Waals surface area (Å²) >= 11 is 0. The van der Waals surface area contributed by atoms with E-state index in [-0.39, 0.29) is 6.61 Å². The van der Waals surface area contributed by atoms with E-state index in [0.717, 1.165) is 0 Å². The highest BCUT2D eigenvalue weighted by Crippen LogP contribution is 2.21. The molecule has 1 heterocycles. The Kier molecular flexibility index (Phi) is 4.24. The van der Waals surface area contributed by atoms with Crippen LogP contribution in [0.1, 0.15) is 0 Å². The largest absolute Gasteiger partial charge is 0.394 e. The number of aliphatic hydroxyl groups is 4. The fraction of sp³-hybridized carbons (Fsp3) is 0.875. The van der Waals surface area contributed by atoms with Crippen molar-refractivity contribution in [1.82, 2.24) is 0 Å². The van der Waals surface area contributed by atoms with Crippen LogP contribution >= 0.6 is 0 Å². The Morgan fingerprint density at radius 3 is 2.29 bits per heavy atom. The first-order valence-electron chi connectivity index (χ1n) is 4.33. The summed E-state index contributed by atoms with van der Waals surface area (Å²) in [6.45, 7) is 2.99. The van der Waals surface area contributed by atoms with E-state index in [1.54, 1.807) is 0 Å². The molecule has 1 radical (unpaired) electrons. The molecule has 1 saturated heterocycles. The first-order valence-corrected chi connectivity index (χ1v) is 4.33. The van der Waals surface area contributed by atoms with Crippen molar-refractivity contribution in [2.45, 2.75) is 30.7 Å². The first kappa shape index (κ1) is 11.8. The van der Waals surface area contributed by atoms with Crippen LogP contribution < -0.4 is 0 Å². The van der Waals surface area contributed by atoms with Crippen LogP contribution in [0.15, 0.2) is 0 Å². The second-order valence-corrected chi connectivity index (χ2v) is 3.07. The van der Waals surface area contributed by atoms with Crippen molar-refractivity contribution in [2.24, 2.45) is 0 Å². The number of hydrogen-bond acceptors (Lipinski definition) is 6. The predicted octanol–water partition coefficient (Wildman–Crippen LogP) is -2.36. The van der Waals surface area contributed by atoms with Gasteiger partial charge in [0.25, 0.3) is 0 Å². The molecule has 1 rings (SSSR count). The minimum absolute atomic E-state index is 0.0582. The van der Waals surface area contributed by atoms with Crippen molar-refractivity contribution in [3.8, 4) is 0 Å². The molecule has 0 spiro atoms. The van der Waals surface area contributed by atoms with E-state index < -0.39 is 37.3 Å². The lowest BCUT2D eigenvalue weighted by atomic mass is 9.99. The van der Waals surface area contributed by atoms with Gasteiger partial charge in [0.1, 0.15) is 24.4 Å². The molecule has 0 aliphatic carbocycles. The molecule has 6 heteroatoms. The second-order valence-electron chi connectivity index (χ2n) is 3.07. The summed E-state index contributed by atoms with van der Waals surface area (Å²) in [5, 5.41) is 36.9. The van der Waals surface area contributed by atoms with Crippen molar-refractivity contribution in [2.75, 3.05) is 13.2 Å². The number of rotatable bonds is 3. The summed E-state index contributed by atoms with van der Waals surface area (Å²) in [6, 6.07) is 0. The third kappa shape index (κ3) is 2.22. The molecule has 14 heavy (non-hydrogen) atoms. The molecule has 4 N–H and O–H groups in total. The summed E-state index contributed by atoms with van der Waals surface area (Å²) in [5.41, 5.74) is 0. The predicted molar refractivity (Wildman–Crippen MR) is 45.1 cm³/mol. The van der Waals surface area contributed by atoms with Gasteiger partial charge in [-0.2, -0.15) is 0 Å². The summed E-state index contributed by atoms with van der Waals surface area (Å²) in [7, 11) is 0. The Morgan fingerprint density at radius 1 is 1.14 bits per heavy atom. The van der Waals surface area contributed by atoms with E-state index in [9.17, 15) is 15.3 Å². The van der Waals surface area contributed by atoms with E-state index in [0.29, 0.717) is 0 Å². The molecule has 6 nitrogen and oxygen atoms in total. The lowest BCUT2D eigenvalue weighted by molar-refractivity contribution is -0.298. The highest BCUT2D eigenvalue weighted by molar-refractivity contribution is 4.88. The molecule has 5 atom stereocenters. The van der Waals surface area contributed by atoms with Crippen LogP contribution in [0.25, 0.3) is 0 Å². The average Bonchev–Trinajstić information content (AvgIpc) is 2.19. The molecule has 1 unspecified atom stereocenters. The Hall–Kier alpha value is -0.240. The van der Waals surface area contributed by atoms with Gasteiger partial charge in [-0.1, -0.05) is 0 Å². The van der Waals surface area contributed by atoms with Crippen molar-refractivity contribution < 1.29 is 29.9 Å². The summed E-state index contributed by atoms with van der Waals surface area (Å²) < 4.78 is 9.88. The zero-order valence-corrected chi connectivity index (χ0v) is 7.61. The summed E-state index contributed by atoms with van der Waals surface area (Å²) in [5.74, 6) is 0. The minimum atomic E-state index is -1.39. The van der Waals surface area contributed by atoms with Gasteiger partial charge in [-0.05, 0) is 6.92 Å². The van der Waals surface area contributed by atoms with Gasteiger partial charge in [-0.15, -0.1) is 0 Å². The van der Waals surface area contributed by atoms with Crippen molar-refractivity contribution in [3.63, 3.8) is 0 Å². The number of ether oxygens (including phenoxy) is 2. The Labute approximate surface area is 81.7 Å². The number of aliphatic hydroxyl groups excluding tert-OH is 4. The zero-order chi connectivity index (χ0) is 10.7.